The molecule has 0 amide bonds. The van der Waals surface area contributed by atoms with E-state index in [1.807, 2.05) is 0 Å². The summed E-state index contributed by atoms with van der Waals surface area (Å²) in [5.41, 5.74) is 8.71. The van der Waals surface area contributed by atoms with Gasteiger partial charge in [-0.2, -0.15) is 0 Å². The van der Waals surface area contributed by atoms with E-state index in [1.54, 1.807) is 0 Å². The Bertz CT molecular complexity index is 327. The first kappa shape index (κ1) is 10.7. The number of hydrogen-bond donors (Lipinski definition) is 2. The zero-order valence-corrected chi connectivity index (χ0v) is 9.42. The molecule has 1 heterocycles. The normalized spacial score (nSPS) is 25.7. The molecule has 2 rings (SSSR count). The first-order valence-corrected chi connectivity index (χ1v) is 5.80. The highest BCUT2D eigenvalue weighted by molar-refractivity contribution is 5.33. The van der Waals surface area contributed by atoms with Crippen molar-refractivity contribution in [3.8, 4) is 0 Å². The summed E-state index contributed by atoms with van der Waals surface area (Å²) in [5.74, 6) is 0. The predicted octanol–water partition coefficient (Wildman–Crippen LogP) is 1.92. The van der Waals surface area contributed by atoms with Gasteiger partial charge in [-0.25, -0.2) is 0 Å². The van der Waals surface area contributed by atoms with Gasteiger partial charge in [-0.05, 0) is 50.4 Å². The summed E-state index contributed by atoms with van der Waals surface area (Å²) in [5, 5.41) is 3.65. The molecule has 2 nitrogen and oxygen atoms in total. The van der Waals surface area contributed by atoms with Crippen LogP contribution < -0.4 is 11.1 Å². The Morgan fingerprint density at radius 3 is 2.80 bits per heavy atom. The quantitative estimate of drug-likeness (QED) is 0.789. The molecule has 1 aromatic carbocycles. The molecule has 1 unspecified atom stereocenters. The minimum absolute atomic E-state index is 0.153. The van der Waals surface area contributed by atoms with E-state index in [4.69, 9.17) is 5.73 Å². The lowest BCUT2D eigenvalue weighted by Gasteiger charge is -2.31. The van der Waals surface area contributed by atoms with E-state index in [-0.39, 0.29) is 5.54 Å². The Hall–Kier alpha value is -0.860. The fourth-order valence-electron chi connectivity index (χ4n) is 2.74. The second kappa shape index (κ2) is 4.33. The van der Waals surface area contributed by atoms with Crippen molar-refractivity contribution in [2.45, 2.75) is 31.7 Å². The third-order valence-corrected chi connectivity index (χ3v) is 3.48. The molecule has 3 N–H and O–H groups in total. The molecule has 0 aromatic heterocycles. The molecule has 0 saturated carbocycles. The van der Waals surface area contributed by atoms with Crippen LogP contribution in [-0.2, 0) is 5.54 Å². The van der Waals surface area contributed by atoms with E-state index in [1.165, 1.54) is 24.0 Å². The van der Waals surface area contributed by atoms with Gasteiger partial charge in [0.15, 0.2) is 0 Å². The van der Waals surface area contributed by atoms with Gasteiger partial charge in [-0.3, -0.25) is 0 Å². The van der Waals surface area contributed by atoms with Crippen molar-refractivity contribution >= 4 is 0 Å². The molecule has 15 heavy (non-hydrogen) atoms. The molecule has 1 atom stereocenters. The Morgan fingerprint density at radius 2 is 2.20 bits per heavy atom. The molecule has 1 aromatic rings. The fraction of sp³-hybridized carbons (Fsp3) is 0.538. The number of nitrogens with one attached hydrogen (secondary N) is 1. The predicted molar refractivity (Wildman–Crippen MR) is 63.8 cm³/mol. The fourth-order valence-corrected chi connectivity index (χ4v) is 2.74. The Labute approximate surface area is 91.9 Å². The van der Waals surface area contributed by atoms with Gasteiger partial charge < -0.3 is 11.1 Å². The first-order valence-electron chi connectivity index (χ1n) is 5.80. The number of hydrogen-bond acceptors (Lipinski definition) is 2. The van der Waals surface area contributed by atoms with Crippen LogP contribution in [0.25, 0.3) is 0 Å². The van der Waals surface area contributed by atoms with Crippen molar-refractivity contribution < 1.29 is 0 Å². The molecule has 0 radical (unpaired) electrons. The van der Waals surface area contributed by atoms with Gasteiger partial charge in [0.05, 0.1) is 0 Å². The van der Waals surface area contributed by atoms with Crippen molar-refractivity contribution in [2.75, 3.05) is 13.1 Å². The maximum Gasteiger partial charge on any atom is 0.0449 e. The summed E-state index contributed by atoms with van der Waals surface area (Å²) in [6.45, 7) is 4.06. The molecule has 1 saturated heterocycles. The molecule has 0 spiro atoms. The van der Waals surface area contributed by atoms with E-state index in [9.17, 15) is 0 Å². The maximum atomic E-state index is 5.74. The minimum Gasteiger partial charge on any atom is -0.330 e. The third-order valence-electron chi connectivity index (χ3n) is 3.48. The van der Waals surface area contributed by atoms with Crippen LogP contribution in [0.5, 0.6) is 0 Å². The monoisotopic (exact) mass is 204 g/mol. The molecule has 0 bridgehead atoms. The molecular weight excluding hydrogens is 184 g/mol. The van der Waals surface area contributed by atoms with Crippen LogP contribution in [0.15, 0.2) is 24.3 Å². The average Bonchev–Trinajstić information content (AvgIpc) is 2.69. The summed E-state index contributed by atoms with van der Waals surface area (Å²) in [6.07, 6.45) is 3.52. The van der Waals surface area contributed by atoms with Crippen LogP contribution in [0.4, 0.5) is 0 Å². The van der Waals surface area contributed by atoms with E-state index in [0.717, 1.165) is 19.5 Å². The van der Waals surface area contributed by atoms with Crippen LogP contribution in [0.1, 0.15) is 30.4 Å². The Balaban J connectivity index is 2.36. The Kier molecular flexibility index (Phi) is 3.08. The molecule has 1 aliphatic heterocycles. The summed E-state index contributed by atoms with van der Waals surface area (Å²) < 4.78 is 0. The summed E-state index contributed by atoms with van der Waals surface area (Å²) in [6, 6.07) is 8.65. The van der Waals surface area contributed by atoms with E-state index < -0.39 is 0 Å². The van der Waals surface area contributed by atoms with Gasteiger partial charge in [0.2, 0.25) is 0 Å². The lowest BCUT2D eigenvalue weighted by molar-refractivity contribution is 0.363. The second-order valence-corrected chi connectivity index (χ2v) is 4.47. The van der Waals surface area contributed by atoms with Gasteiger partial charge in [-0.1, -0.05) is 24.3 Å². The van der Waals surface area contributed by atoms with E-state index >= 15 is 0 Å². The summed E-state index contributed by atoms with van der Waals surface area (Å²) >= 11 is 0. The smallest absolute Gasteiger partial charge is 0.0449 e. The molecular formula is C13H20N2. The zero-order valence-electron chi connectivity index (χ0n) is 9.42. The van der Waals surface area contributed by atoms with Crippen LogP contribution in [0.2, 0.25) is 0 Å². The van der Waals surface area contributed by atoms with Gasteiger partial charge in [0.25, 0.3) is 0 Å². The maximum absolute atomic E-state index is 5.74. The summed E-state index contributed by atoms with van der Waals surface area (Å²) in [4.78, 5) is 0. The number of aryl methyl sites for hydroxylation is 1. The third kappa shape index (κ3) is 1.92. The molecule has 2 heteroatoms. The van der Waals surface area contributed by atoms with Crippen LogP contribution >= 0.6 is 0 Å². The number of nitrogens with two attached hydrogens (primary N) is 1. The van der Waals surface area contributed by atoms with Crippen molar-refractivity contribution in [1.29, 1.82) is 0 Å². The van der Waals surface area contributed by atoms with Crippen molar-refractivity contribution in [2.24, 2.45) is 5.73 Å². The SMILES string of the molecule is Cc1ccccc1C1(CCN)CCCN1. The standard InChI is InChI=1S/C13H20N2/c1-11-5-2-3-6-12(11)13(8-9-14)7-4-10-15-13/h2-3,5-6,15H,4,7-10,14H2,1H3. The zero-order chi connectivity index (χ0) is 10.7. The topological polar surface area (TPSA) is 38.0 Å². The Morgan fingerprint density at radius 1 is 1.40 bits per heavy atom. The van der Waals surface area contributed by atoms with Crippen molar-refractivity contribution in [3.05, 3.63) is 35.4 Å². The number of benzene rings is 1. The van der Waals surface area contributed by atoms with Gasteiger partial charge in [-0.15, -0.1) is 0 Å². The highest BCUT2D eigenvalue weighted by Crippen LogP contribution is 2.35. The van der Waals surface area contributed by atoms with E-state index in [0.29, 0.717) is 0 Å². The van der Waals surface area contributed by atoms with Crippen molar-refractivity contribution in [1.82, 2.24) is 5.32 Å². The first-order chi connectivity index (χ1) is 7.28. The van der Waals surface area contributed by atoms with Crippen LogP contribution in [-0.4, -0.2) is 13.1 Å². The van der Waals surface area contributed by atoms with Crippen LogP contribution in [0, 0.1) is 6.92 Å². The summed E-state index contributed by atoms with van der Waals surface area (Å²) in [7, 11) is 0. The minimum atomic E-state index is 0.153. The molecule has 0 aliphatic carbocycles. The largest absolute Gasteiger partial charge is 0.330 e. The highest BCUT2D eigenvalue weighted by Gasteiger charge is 2.35. The highest BCUT2D eigenvalue weighted by atomic mass is 15.0. The molecule has 1 aliphatic rings. The lowest BCUT2D eigenvalue weighted by Crippen LogP contribution is -2.39. The lowest BCUT2D eigenvalue weighted by atomic mass is 9.83. The average molecular weight is 204 g/mol. The van der Waals surface area contributed by atoms with Gasteiger partial charge in [0.1, 0.15) is 0 Å². The second-order valence-electron chi connectivity index (χ2n) is 4.47. The molecule has 82 valence electrons. The van der Waals surface area contributed by atoms with Crippen molar-refractivity contribution in [3.63, 3.8) is 0 Å². The number of rotatable bonds is 3. The van der Waals surface area contributed by atoms with Gasteiger partial charge in [0, 0.05) is 5.54 Å². The molecule has 1 fully saturated rings. The van der Waals surface area contributed by atoms with E-state index in [2.05, 4.69) is 36.5 Å². The van der Waals surface area contributed by atoms with Gasteiger partial charge >= 0.3 is 0 Å². The van der Waals surface area contributed by atoms with Crippen LogP contribution in [0.3, 0.4) is 0 Å².